The molecule has 5 heteroatoms. The Labute approximate surface area is 107 Å². The van der Waals surface area contributed by atoms with Gasteiger partial charge in [0.15, 0.2) is 6.61 Å². The van der Waals surface area contributed by atoms with E-state index in [1.807, 2.05) is 31.2 Å². The molecule has 0 aliphatic heterocycles. The molecule has 1 amide bonds. The highest BCUT2D eigenvalue weighted by molar-refractivity contribution is 5.77. The minimum atomic E-state index is -0.246. The van der Waals surface area contributed by atoms with E-state index in [2.05, 4.69) is 5.32 Å². The molecule has 96 valence electrons. The Balaban J connectivity index is 2.48. The molecule has 1 atom stereocenters. The Morgan fingerprint density at radius 3 is 2.94 bits per heavy atom. The fraction of sp³-hybridized carbons (Fsp3) is 0.385. The van der Waals surface area contributed by atoms with E-state index in [9.17, 15) is 4.79 Å². The van der Waals surface area contributed by atoms with Crippen molar-refractivity contribution >= 4 is 5.91 Å². The van der Waals surface area contributed by atoms with Crippen LogP contribution in [0.2, 0.25) is 0 Å². The van der Waals surface area contributed by atoms with Crippen molar-refractivity contribution < 1.29 is 9.53 Å². The molecule has 0 aliphatic rings. The lowest BCUT2D eigenvalue weighted by Crippen LogP contribution is -2.29. The third kappa shape index (κ3) is 4.44. The van der Waals surface area contributed by atoms with E-state index in [0.717, 1.165) is 5.56 Å². The molecule has 0 fully saturated rings. The smallest absolute Gasteiger partial charge is 0.257 e. The minimum absolute atomic E-state index is 0.0742. The summed E-state index contributed by atoms with van der Waals surface area (Å²) >= 11 is 0. The zero-order valence-corrected chi connectivity index (χ0v) is 10.3. The second-order valence-electron chi connectivity index (χ2n) is 3.87. The summed E-state index contributed by atoms with van der Waals surface area (Å²) in [6, 6.07) is 9.15. The fourth-order valence-electron chi connectivity index (χ4n) is 1.44. The van der Waals surface area contributed by atoms with Crippen molar-refractivity contribution in [3.8, 4) is 11.8 Å². The zero-order chi connectivity index (χ0) is 13.4. The van der Waals surface area contributed by atoms with Gasteiger partial charge in [0.2, 0.25) is 0 Å². The number of nitriles is 1. The molecule has 5 nitrogen and oxygen atoms in total. The van der Waals surface area contributed by atoms with Crippen LogP contribution in [0.25, 0.3) is 0 Å². The third-order valence-electron chi connectivity index (χ3n) is 2.33. The summed E-state index contributed by atoms with van der Waals surface area (Å²) < 4.78 is 5.42. The van der Waals surface area contributed by atoms with Crippen molar-refractivity contribution in [3.05, 3.63) is 29.8 Å². The van der Waals surface area contributed by atoms with Gasteiger partial charge in [-0.05, 0) is 13.0 Å². The van der Waals surface area contributed by atoms with Crippen LogP contribution in [0.1, 0.15) is 24.9 Å². The van der Waals surface area contributed by atoms with Gasteiger partial charge in [-0.2, -0.15) is 5.26 Å². The van der Waals surface area contributed by atoms with E-state index >= 15 is 0 Å². The molecule has 1 aromatic carbocycles. The SMILES string of the molecule is CC(N)c1ccccc1OCC(=O)NCCC#N. The summed E-state index contributed by atoms with van der Waals surface area (Å²) in [5.74, 6) is 0.368. The van der Waals surface area contributed by atoms with E-state index < -0.39 is 0 Å². The summed E-state index contributed by atoms with van der Waals surface area (Å²) in [7, 11) is 0. The monoisotopic (exact) mass is 247 g/mol. The topological polar surface area (TPSA) is 88.1 Å². The third-order valence-corrected chi connectivity index (χ3v) is 2.33. The Kier molecular flexibility index (Phi) is 5.68. The number of nitrogens with zero attached hydrogens (tertiary/aromatic N) is 1. The minimum Gasteiger partial charge on any atom is -0.483 e. The predicted octanol–water partition coefficient (Wildman–Crippen LogP) is 1.11. The highest BCUT2D eigenvalue weighted by Gasteiger charge is 2.08. The van der Waals surface area contributed by atoms with Crippen LogP contribution < -0.4 is 15.8 Å². The van der Waals surface area contributed by atoms with Crippen LogP contribution in [-0.2, 0) is 4.79 Å². The van der Waals surface area contributed by atoms with Crippen LogP contribution >= 0.6 is 0 Å². The van der Waals surface area contributed by atoms with Crippen LogP contribution in [0.5, 0.6) is 5.75 Å². The van der Waals surface area contributed by atoms with Crippen molar-refractivity contribution in [2.45, 2.75) is 19.4 Å². The highest BCUT2D eigenvalue weighted by atomic mass is 16.5. The number of benzene rings is 1. The van der Waals surface area contributed by atoms with E-state index in [0.29, 0.717) is 18.7 Å². The standard InChI is InChI=1S/C13H17N3O2/c1-10(15)11-5-2-3-6-12(11)18-9-13(17)16-8-4-7-14/h2-3,5-6,10H,4,8-9,15H2,1H3,(H,16,17). The average molecular weight is 247 g/mol. The van der Waals surface area contributed by atoms with Crippen LogP contribution in [0.3, 0.4) is 0 Å². The van der Waals surface area contributed by atoms with Crippen molar-refractivity contribution in [3.63, 3.8) is 0 Å². The first kappa shape index (κ1) is 14.0. The Morgan fingerprint density at radius 2 is 2.28 bits per heavy atom. The first-order valence-electron chi connectivity index (χ1n) is 5.76. The van der Waals surface area contributed by atoms with Crippen LogP contribution in [0, 0.1) is 11.3 Å². The van der Waals surface area contributed by atoms with Crippen molar-refractivity contribution in [1.29, 1.82) is 5.26 Å². The van der Waals surface area contributed by atoms with Crippen LogP contribution in [0.15, 0.2) is 24.3 Å². The maximum absolute atomic E-state index is 11.4. The molecule has 0 aromatic heterocycles. The number of nitrogens with one attached hydrogen (secondary N) is 1. The molecule has 1 aromatic rings. The summed E-state index contributed by atoms with van der Waals surface area (Å²) in [5.41, 5.74) is 6.67. The molecule has 0 spiro atoms. The molecule has 3 N–H and O–H groups in total. The van der Waals surface area contributed by atoms with E-state index in [-0.39, 0.29) is 18.6 Å². The molecule has 0 aliphatic carbocycles. The molecule has 1 rings (SSSR count). The summed E-state index contributed by atoms with van der Waals surface area (Å²) in [6.45, 7) is 2.12. The Bertz CT molecular complexity index is 438. The van der Waals surface area contributed by atoms with Gasteiger partial charge in [0.1, 0.15) is 5.75 Å². The first-order chi connectivity index (χ1) is 8.65. The number of ether oxygens (including phenoxy) is 1. The average Bonchev–Trinajstić information content (AvgIpc) is 2.37. The van der Waals surface area contributed by atoms with Gasteiger partial charge < -0.3 is 15.8 Å². The molecular weight excluding hydrogens is 230 g/mol. The maximum atomic E-state index is 11.4. The van der Waals surface area contributed by atoms with Crippen LogP contribution in [0.4, 0.5) is 0 Å². The van der Waals surface area contributed by atoms with E-state index in [4.69, 9.17) is 15.7 Å². The number of carbonyl (C=O) groups is 1. The number of hydrogen-bond acceptors (Lipinski definition) is 4. The number of nitrogens with two attached hydrogens (primary N) is 1. The van der Waals surface area contributed by atoms with Gasteiger partial charge in [0.05, 0.1) is 12.5 Å². The van der Waals surface area contributed by atoms with E-state index in [1.54, 1.807) is 6.07 Å². The van der Waals surface area contributed by atoms with Crippen molar-refractivity contribution in [1.82, 2.24) is 5.32 Å². The maximum Gasteiger partial charge on any atom is 0.257 e. The second kappa shape index (κ2) is 7.30. The number of rotatable bonds is 6. The Hall–Kier alpha value is -2.06. The van der Waals surface area contributed by atoms with Crippen molar-refractivity contribution in [2.24, 2.45) is 5.73 Å². The largest absolute Gasteiger partial charge is 0.483 e. The molecule has 1 unspecified atom stereocenters. The van der Waals surface area contributed by atoms with Gasteiger partial charge in [0, 0.05) is 18.2 Å². The molecule has 0 saturated carbocycles. The quantitative estimate of drug-likeness (QED) is 0.737. The van der Waals surface area contributed by atoms with Gasteiger partial charge in [0.25, 0.3) is 5.91 Å². The lowest BCUT2D eigenvalue weighted by molar-refractivity contribution is -0.123. The second-order valence-corrected chi connectivity index (χ2v) is 3.87. The number of carbonyl (C=O) groups excluding carboxylic acids is 1. The summed E-state index contributed by atoms with van der Waals surface area (Å²) in [4.78, 5) is 11.4. The number of hydrogen-bond donors (Lipinski definition) is 2. The van der Waals surface area contributed by atoms with Gasteiger partial charge in [-0.25, -0.2) is 0 Å². The molecule has 0 radical (unpaired) electrons. The van der Waals surface area contributed by atoms with E-state index in [1.165, 1.54) is 0 Å². The Morgan fingerprint density at radius 1 is 1.56 bits per heavy atom. The summed E-state index contributed by atoms with van der Waals surface area (Å²) in [6.07, 6.45) is 0.294. The molecular formula is C13H17N3O2. The molecule has 0 bridgehead atoms. The zero-order valence-electron chi connectivity index (χ0n) is 10.3. The molecule has 0 saturated heterocycles. The van der Waals surface area contributed by atoms with Gasteiger partial charge >= 0.3 is 0 Å². The van der Waals surface area contributed by atoms with Gasteiger partial charge in [-0.15, -0.1) is 0 Å². The van der Waals surface area contributed by atoms with Gasteiger partial charge in [-0.3, -0.25) is 4.79 Å². The normalized spacial score (nSPS) is 11.4. The van der Waals surface area contributed by atoms with Crippen LogP contribution in [-0.4, -0.2) is 19.1 Å². The lowest BCUT2D eigenvalue weighted by atomic mass is 10.1. The summed E-state index contributed by atoms with van der Waals surface area (Å²) in [5, 5.41) is 10.9. The lowest BCUT2D eigenvalue weighted by Gasteiger charge is -2.13. The predicted molar refractivity (Wildman–Crippen MR) is 67.8 cm³/mol. The fourth-order valence-corrected chi connectivity index (χ4v) is 1.44. The number of para-hydroxylation sites is 1. The molecule has 18 heavy (non-hydrogen) atoms. The molecule has 0 heterocycles. The first-order valence-corrected chi connectivity index (χ1v) is 5.76. The number of amides is 1. The van der Waals surface area contributed by atoms with Crippen molar-refractivity contribution in [2.75, 3.05) is 13.2 Å². The highest BCUT2D eigenvalue weighted by Crippen LogP contribution is 2.22. The van der Waals surface area contributed by atoms with Gasteiger partial charge in [-0.1, -0.05) is 18.2 Å².